The van der Waals surface area contributed by atoms with Crippen molar-refractivity contribution < 1.29 is 47.0 Å². The molecule has 2 fully saturated rings. The number of sulfonamides is 1. The van der Waals surface area contributed by atoms with Crippen molar-refractivity contribution in [1.82, 2.24) is 19.6 Å². The molecule has 2 saturated carbocycles. The molecule has 4 heterocycles. The Labute approximate surface area is 392 Å². The van der Waals surface area contributed by atoms with E-state index >= 15 is 0 Å². The SMILES string of the molecule is CC[C@@]1(OC(=O)[C@H](NC(=O)Nc2cccc(-c3ccc(C[C@H](NS(=O)(=O)CC45CCC(CC4=O)C5(C)C)C(=O)O)cc3)c2)C(C)C)C(=O)OCc2c1cc1n(c2=O)Cc2cc3ccccc3nc2-1. The van der Waals surface area contributed by atoms with E-state index in [1.165, 1.54) is 0 Å². The number of amides is 2. The van der Waals surface area contributed by atoms with Crippen molar-refractivity contribution in [3.8, 4) is 22.5 Å². The number of carboxylic acid groups (broad SMARTS) is 1. The van der Waals surface area contributed by atoms with Crippen LogP contribution in [-0.2, 0) is 63.8 Å². The zero-order valence-electron chi connectivity index (χ0n) is 38.4. The lowest BCUT2D eigenvalue weighted by atomic mass is 9.70. The molecule has 17 heteroatoms. The zero-order chi connectivity index (χ0) is 48.5. The lowest BCUT2D eigenvalue weighted by molar-refractivity contribution is -0.191. The fourth-order valence-corrected chi connectivity index (χ4v) is 12.9. The highest BCUT2D eigenvalue weighted by Gasteiger charge is 2.65. The molecule has 9 rings (SSSR count). The summed E-state index contributed by atoms with van der Waals surface area (Å²) in [5.41, 5.74) is 1.52. The first-order valence-corrected chi connectivity index (χ1v) is 24.5. The summed E-state index contributed by atoms with van der Waals surface area (Å²) in [6.07, 6.45) is 1.38. The maximum absolute atomic E-state index is 14.1. The number of hydrogen-bond acceptors (Lipinski definition) is 11. The number of Topliss-reactive ketones (excluding diaryl/α,β-unsaturated/α-hetero) is 1. The maximum atomic E-state index is 14.1. The van der Waals surface area contributed by atoms with Gasteiger partial charge in [0.1, 0.15) is 24.5 Å². The second-order valence-electron chi connectivity index (χ2n) is 19.4. The van der Waals surface area contributed by atoms with E-state index in [1.54, 1.807) is 73.9 Å². The summed E-state index contributed by atoms with van der Waals surface area (Å²) in [6.45, 7) is 8.92. The number of esters is 2. The number of aromatic nitrogens is 2. The van der Waals surface area contributed by atoms with Crippen molar-refractivity contribution in [3.63, 3.8) is 0 Å². The molecule has 0 spiro atoms. The van der Waals surface area contributed by atoms with Crippen molar-refractivity contribution in [2.45, 2.75) is 97.6 Å². The number of aliphatic carboxylic acids is 1. The van der Waals surface area contributed by atoms with E-state index < -0.39 is 74.1 Å². The summed E-state index contributed by atoms with van der Waals surface area (Å²) >= 11 is 0. The number of ketones is 1. The van der Waals surface area contributed by atoms with Gasteiger partial charge in [0.25, 0.3) is 5.56 Å². The second kappa shape index (κ2) is 17.1. The topological polar surface area (TPSA) is 229 Å². The van der Waals surface area contributed by atoms with Crippen LogP contribution >= 0.6 is 0 Å². The molecule has 2 aliphatic heterocycles. The lowest BCUT2D eigenvalue weighted by Crippen LogP contribution is -2.53. The third-order valence-electron chi connectivity index (χ3n) is 14.9. The zero-order valence-corrected chi connectivity index (χ0v) is 39.2. The van der Waals surface area contributed by atoms with E-state index in [1.807, 2.05) is 50.2 Å². The molecule has 0 saturated heterocycles. The molecule has 2 unspecified atom stereocenters. The van der Waals surface area contributed by atoms with Gasteiger partial charge in [-0.25, -0.2) is 32.5 Å². The Bertz CT molecular complexity index is 3110. The minimum atomic E-state index is -4.15. The van der Waals surface area contributed by atoms with Gasteiger partial charge in [0.05, 0.1) is 34.8 Å². The number of benzene rings is 3. The van der Waals surface area contributed by atoms with Gasteiger partial charge >= 0.3 is 23.9 Å². The summed E-state index contributed by atoms with van der Waals surface area (Å²) in [5.74, 6) is -3.99. The molecule has 2 amide bonds. The molecular weight excluding hydrogens is 891 g/mol. The number of nitrogens with one attached hydrogen (secondary N) is 3. The van der Waals surface area contributed by atoms with Crippen molar-refractivity contribution in [3.05, 3.63) is 118 Å². The van der Waals surface area contributed by atoms with Crippen molar-refractivity contribution in [2.24, 2.45) is 22.7 Å². The Morgan fingerprint density at radius 1 is 0.971 bits per heavy atom. The third kappa shape index (κ3) is 7.94. The number of carbonyl (C=O) groups excluding carboxylic acids is 4. The normalized spacial score (nSPS) is 21.9. The Morgan fingerprint density at radius 2 is 1.72 bits per heavy atom. The Kier molecular flexibility index (Phi) is 11.7. The number of fused-ring (bicyclic) bond motifs is 7. The molecule has 2 aliphatic carbocycles. The Hall–Kier alpha value is -6.72. The predicted molar refractivity (Wildman–Crippen MR) is 252 cm³/mol. The Balaban J connectivity index is 0.872. The molecule has 354 valence electrons. The predicted octanol–water partition coefficient (Wildman–Crippen LogP) is 6.45. The van der Waals surface area contributed by atoms with Crippen LogP contribution in [-0.4, -0.2) is 70.6 Å². The number of para-hydroxylation sites is 1. The number of pyridine rings is 2. The monoisotopic (exact) mass is 943 g/mol. The van der Waals surface area contributed by atoms with E-state index in [-0.39, 0.29) is 54.4 Å². The number of cyclic esters (lactones) is 1. The van der Waals surface area contributed by atoms with Gasteiger partial charge in [0.2, 0.25) is 15.6 Å². The Morgan fingerprint density at radius 3 is 2.40 bits per heavy atom. The van der Waals surface area contributed by atoms with Crippen LogP contribution in [0.3, 0.4) is 0 Å². The number of nitrogens with zero attached hydrogens (tertiary/aromatic N) is 2. The largest absolute Gasteiger partial charge is 0.480 e. The maximum Gasteiger partial charge on any atom is 0.355 e. The first-order chi connectivity index (χ1) is 32.3. The first-order valence-electron chi connectivity index (χ1n) is 22.8. The molecule has 2 bridgehead atoms. The van der Waals surface area contributed by atoms with Crippen molar-refractivity contribution >= 4 is 56.3 Å². The lowest BCUT2D eigenvalue weighted by Gasteiger charge is -2.37. The van der Waals surface area contributed by atoms with E-state index in [4.69, 9.17) is 14.5 Å². The number of carbonyl (C=O) groups is 5. The minimum Gasteiger partial charge on any atom is -0.480 e. The van der Waals surface area contributed by atoms with Gasteiger partial charge in [0.15, 0.2) is 0 Å². The quantitative estimate of drug-likeness (QED) is 0.0864. The smallest absolute Gasteiger partial charge is 0.355 e. The average Bonchev–Trinajstić information content (AvgIpc) is 3.83. The number of rotatable bonds is 14. The summed E-state index contributed by atoms with van der Waals surface area (Å²) < 4.78 is 42.4. The highest BCUT2D eigenvalue weighted by Crippen LogP contribution is 2.64. The fraction of sp³-hybridized carbons (Fsp3) is 0.392. The van der Waals surface area contributed by atoms with Crippen LogP contribution in [0, 0.1) is 22.7 Å². The van der Waals surface area contributed by atoms with Gasteiger partial charge < -0.3 is 29.8 Å². The van der Waals surface area contributed by atoms with Crippen molar-refractivity contribution in [1.29, 1.82) is 0 Å². The molecule has 4 aliphatic rings. The summed E-state index contributed by atoms with van der Waals surface area (Å²) in [6, 6.07) is 21.6. The van der Waals surface area contributed by atoms with Crippen LogP contribution in [0.4, 0.5) is 10.5 Å². The highest BCUT2D eigenvalue weighted by molar-refractivity contribution is 7.89. The van der Waals surface area contributed by atoms with E-state index in [9.17, 15) is 42.3 Å². The third-order valence-corrected chi connectivity index (χ3v) is 16.4. The van der Waals surface area contributed by atoms with E-state index in [0.29, 0.717) is 46.6 Å². The van der Waals surface area contributed by atoms with Gasteiger partial charge in [-0.1, -0.05) is 89.2 Å². The summed E-state index contributed by atoms with van der Waals surface area (Å²) in [4.78, 5) is 85.7. The molecular formula is C51H53N5O11S. The number of urea groups is 1. The molecule has 0 radical (unpaired) electrons. The van der Waals surface area contributed by atoms with E-state index in [0.717, 1.165) is 22.9 Å². The van der Waals surface area contributed by atoms with Crippen LogP contribution in [0.25, 0.3) is 33.4 Å². The van der Waals surface area contributed by atoms with Gasteiger partial charge in [-0.2, -0.15) is 0 Å². The second-order valence-corrected chi connectivity index (χ2v) is 21.2. The number of anilines is 1. The molecule has 5 atom stereocenters. The van der Waals surface area contributed by atoms with Gasteiger partial charge in [-0.05, 0) is 90.0 Å². The molecule has 68 heavy (non-hydrogen) atoms. The molecule has 2 aromatic heterocycles. The van der Waals surface area contributed by atoms with Crippen LogP contribution in [0.2, 0.25) is 0 Å². The number of ether oxygens (including phenoxy) is 2. The standard InChI is InChI=1S/C51H53N5O11S/c1-6-51(37-24-40-43-33(21-32-10-7-8-13-38(32)53-43)25-56(40)44(58)36(37)26-66-47(51)62)67-46(61)42(28(2)3)54-48(63)52-35-12-9-11-31(22-35)30-16-14-29(15-17-30)20-39(45(59)60)55-68(64,65)27-50-19-18-34(23-41(50)57)49(50,4)5/h7-17,21-22,24,28,34,39,42,55H,6,18-20,23,25-27H2,1-5H3,(H,59,60)(H2,52,54,63)/t34?,39-,42+,50?,51-/m0/s1. The van der Waals surface area contributed by atoms with Crippen LogP contribution < -0.4 is 20.9 Å². The molecule has 5 aromatic rings. The molecule has 4 N–H and O–H groups in total. The van der Waals surface area contributed by atoms with Crippen molar-refractivity contribution in [2.75, 3.05) is 11.1 Å². The summed E-state index contributed by atoms with van der Waals surface area (Å²) in [7, 11) is -4.15. The molecule has 16 nitrogen and oxygen atoms in total. The van der Waals surface area contributed by atoms with Crippen LogP contribution in [0.15, 0.2) is 89.7 Å². The number of hydrogen-bond donors (Lipinski definition) is 4. The molecule has 3 aromatic carbocycles. The highest BCUT2D eigenvalue weighted by atomic mass is 32.2. The first kappa shape index (κ1) is 46.4. The van der Waals surface area contributed by atoms with Gasteiger partial charge in [-0.15, -0.1) is 0 Å². The van der Waals surface area contributed by atoms with Crippen LogP contribution in [0.1, 0.15) is 82.6 Å². The fourth-order valence-electron chi connectivity index (χ4n) is 10.8. The van der Waals surface area contributed by atoms with Gasteiger partial charge in [0, 0.05) is 34.0 Å². The van der Waals surface area contributed by atoms with Gasteiger partial charge in [-0.3, -0.25) is 14.4 Å². The average molecular weight is 944 g/mol. The number of carboxylic acids is 1. The summed E-state index contributed by atoms with van der Waals surface area (Å²) in [5, 5.41) is 16.4. The minimum absolute atomic E-state index is 0.0577. The van der Waals surface area contributed by atoms with Crippen LogP contribution in [0.5, 0.6) is 0 Å². The van der Waals surface area contributed by atoms with E-state index in [2.05, 4.69) is 15.4 Å².